The van der Waals surface area contributed by atoms with E-state index in [1.54, 1.807) is 43.3 Å². The first-order valence-corrected chi connectivity index (χ1v) is 12.9. The minimum absolute atomic E-state index is 0.000628. The van der Waals surface area contributed by atoms with E-state index in [2.05, 4.69) is 0 Å². The second-order valence-electron chi connectivity index (χ2n) is 10.2. The zero-order chi connectivity index (χ0) is 25.3. The smallest absolute Gasteiger partial charge is 0.316 e. The Morgan fingerprint density at radius 1 is 0.972 bits per heavy atom. The summed E-state index contributed by atoms with van der Waals surface area (Å²) in [6, 6.07) is 9.91. The second-order valence-corrected chi connectivity index (χ2v) is 11.0. The van der Waals surface area contributed by atoms with Gasteiger partial charge in [0.25, 0.3) is 0 Å². The van der Waals surface area contributed by atoms with Gasteiger partial charge in [0.15, 0.2) is 0 Å². The summed E-state index contributed by atoms with van der Waals surface area (Å²) in [7, 11) is 0. The Morgan fingerprint density at radius 3 is 2.33 bits per heavy atom. The molecule has 4 fully saturated rings. The first-order valence-electron chi connectivity index (χ1n) is 12.2. The molecule has 2 bridgehead atoms. The number of anilines is 2. The fourth-order valence-corrected chi connectivity index (χ4v) is 6.98. The van der Waals surface area contributed by atoms with Crippen LogP contribution in [0.2, 0.25) is 10.0 Å². The number of carbonyl (C=O) groups is 4. The van der Waals surface area contributed by atoms with Crippen LogP contribution in [0.5, 0.6) is 5.75 Å². The first-order chi connectivity index (χ1) is 17.2. The fourth-order valence-electron chi connectivity index (χ4n) is 6.59. The highest BCUT2D eigenvalue weighted by Crippen LogP contribution is 2.56. The van der Waals surface area contributed by atoms with E-state index in [1.165, 1.54) is 9.80 Å². The number of benzene rings is 2. The molecule has 2 saturated carbocycles. The highest BCUT2D eigenvalue weighted by molar-refractivity contribution is 6.44. The summed E-state index contributed by atoms with van der Waals surface area (Å²) < 4.78 is 5.59. The number of carbonyl (C=O) groups excluding carboxylic acids is 4. The van der Waals surface area contributed by atoms with Gasteiger partial charge in [-0.15, -0.1) is 0 Å². The summed E-state index contributed by atoms with van der Waals surface area (Å²) in [5.74, 6) is -1.09. The van der Waals surface area contributed by atoms with Gasteiger partial charge in [0, 0.05) is 13.0 Å². The van der Waals surface area contributed by atoms with Crippen molar-refractivity contribution in [3.8, 4) is 5.75 Å². The maximum atomic E-state index is 13.2. The SMILES string of the molecule is Cc1cc(OC(=O)[C@@H]2CC(=O)N(c3cccc(Cl)c3Cl)C2)ccc1N1C(=O)[C@@H]2[C@H]3CC[C@@H](C3)[C@H]2C1=O. The number of halogens is 2. The van der Waals surface area contributed by atoms with Gasteiger partial charge in [-0.05, 0) is 73.9 Å². The Hall–Kier alpha value is -2.90. The van der Waals surface area contributed by atoms with Gasteiger partial charge in [-0.2, -0.15) is 0 Å². The third-order valence-corrected chi connectivity index (χ3v) is 9.04. The lowest BCUT2D eigenvalue weighted by Gasteiger charge is -2.20. The number of esters is 1. The van der Waals surface area contributed by atoms with Crippen LogP contribution in [-0.2, 0) is 19.2 Å². The molecule has 0 aromatic heterocycles. The Morgan fingerprint density at radius 2 is 1.67 bits per heavy atom. The van der Waals surface area contributed by atoms with Crippen molar-refractivity contribution in [3.63, 3.8) is 0 Å². The maximum absolute atomic E-state index is 13.2. The summed E-state index contributed by atoms with van der Waals surface area (Å²) >= 11 is 12.3. The lowest BCUT2D eigenvalue weighted by atomic mass is 9.81. The quantitative estimate of drug-likeness (QED) is 0.324. The standard InChI is InChI=1S/C27H24Cl2N2O5/c1-13-9-17(7-8-19(13)31-25(33)22-14-5-6-15(10-14)23(22)26(31)34)36-27(35)16-11-21(32)30(12-16)20-4-2-3-18(28)24(20)29/h2-4,7-9,14-16,22-23H,5-6,10-12H2,1H3/t14-,15-,16+,22+,23+/m0/s1. The summed E-state index contributed by atoms with van der Waals surface area (Å²) in [4.78, 5) is 54.6. The number of imide groups is 1. The Labute approximate surface area is 218 Å². The Kier molecular flexibility index (Phi) is 5.61. The van der Waals surface area contributed by atoms with Gasteiger partial charge in [0.1, 0.15) is 5.75 Å². The molecule has 186 valence electrons. The predicted molar refractivity (Wildman–Crippen MR) is 134 cm³/mol. The van der Waals surface area contributed by atoms with E-state index in [9.17, 15) is 19.2 Å². The molecule has 36 heavy (non-hydrogen) atoms. The normalized spacial score (nSPS) is 28.9. The fraction of sp³-hybridized carbons (Fsp3) is 0.407. The molecule has 0 spiro atoms. The third-order valence-electron chi connectivity index (χ3n) is 8.24. The van der Waals surface area contributed by atoms with Crippen LogP contribution in [0.4, 0.5) is 11.4 Å². The summed E-state index contributed by atoms with van der Waals surface area (Å²) in [6.07, 6.45) is 3.04. The summed E-state index contributed by atoms with van der Waals surface area (Å²) in [5, 5.41) is 0.589. The second kappa shape index (κ2) is 8.60. The van der Waals surface area contributed by atoms with E-state index in [0.717, 1.165) is 19.3 Å². The molecule has 2 saturated heterocycles. The van der Waals surface area contributed by atoms with Crippen molar-refractivity contribution in [2.45, 2.75) is 32.6 Å². The van der Waals surface area contributed by atoms with Crippen LogP contribution in [0, 0.1) is 36.5 Å². The lowest BCUT2D eigenvalue weighted by Crippen LogP contribution is -2.33. The van der Waals surface area contributed by atoms with E-state index >= 15 is 0 Å². The molecule has 0 N–H and O–H groups in total. The average Bonchev–Trinajstić information content (AvgIpc) is 3.60. The van der Waals surface area contributed by atoms with E-state index in [-0.39, 0.29) is 47.5 Å². The van der Waals surface area contributed by atoms with Crippen LogP contribution in [0.3, 0.4) is 0 Å². The van der Waals surface area contributed by atoms with E-state index in [4.69, 9.17) is 27.9 Å². The number of ether oxygens (including phenoxy) is 1. The number of nitrogens with zero attached hydrogens (tertiary/aromatic N) is 2. The number of hydrogen-bond acceptors (Lipinski definition) is 5. The monoisotopic (exact) mass is 526 g/mol. The topological polar surface area (TPSA) is 84.0 Å². The average molecular weight is 527 g/mol. The van der Waals surface area contributed by atoms with Crippen LogP contribution < -0.4 is 14.5 Å². The maximum Gasteiger partial charge on any atom is 0.316 e. The lowest BCUT2D eigenvalue weighted by molar-refractivity contribution is -0.139. The van der Waals surface area contributed by atoms with Crippen LogP contribution in [0.15, 0.2) is 36.4 Å². The number of amides is 3. The molecular weight excluding hydrogens is 503 g/mol. The molecule has 0 radical (unpaired) electrons. The molecule has 3 amide bonds. The highest BCUT2D eigenvalue weighted by Gasteiger charge is 2.61. The molecule has 6 rings (SSSR count). The third kappa shape index (κ3) is 3.55. The Balaban J connectivity index is 1.16. The van der Waals surface area contributed by atoms with Gasteiger partial charge in [-0.25, -0.2) is 4.90 Å². The van der Waals surface area contributed by atoms with Crippen molar-refractivity contribution in [2.24, 2.45) is 29.6 Å². The van der Waals surface area contributed by atoms with Crippen LogP contribution in [0.1, 0.15) is 31.2 Å². The minimum Gasteiger partial charge on any atom is -0.426 e. The number of aryl methyl sites for hydroxylation is 1. The van der Waals surface area contributed by atoms with Gasteiger partial charge in [0.2, 0.25) is 17.7 Å². The molecule has 2 aromatic carbocycles. The largest absolute Gasteiger partial charge is 0.426 e. The molecule has 7 nitrogen and oxygen atoms in total. The van der Waals surface area contributed by atoms with Crippen molar-refractivity contribution < 1.29 is 23.9 Å². The molecular formula is C27H24Cl2N2O5. The van der Waals surface area contributed by atoms with Crippen LogP contribution in [0.25, 0.3) is 0 Å². The molecule has 4 aliphatic rings. The van der Waals surface area contributed by atoms with Gasteiger partial charge < -0.3 is 9.64 Å². The molecule has 5 atom stereocenters. The van der Waals surface area contributed by atoms with Crippen molar-refractivity contribution >= 4 is 58.3 Å². The molecule has 2 heterocycles. The zero-order valence-corrected chi connectivity index (χ0v) is 21.1. The van der Waals surface area contributed by atoms with E-state index in [1.807, 2.05) is 0 Å². The predicted octanol–water partition coefficient (Wildman–Crippen LogP) is 4.80. The van der Waals surface area contributed by atoms with Gasteiger partial charge in [0.05, 0.1) is 39.2 Å². The van der Waals surface area contributed by atoms with Crippen molar-refractivity contribution in [3.05, 3.63) is 52.0 Å². The molecule has 2 aliphatic heterocycles. The van der Waals surface area contributed by atoms with Gasteiger partial charge in [-0.1, -0.05) is 29.3 Å². The molecule has 2 aliphatic carbocycles. The number of hydrogen-bond donors (Lipinski definition) is 0. The van der Waals surface area contributed by atoms with Crippen LogP contribution in [-0.4, -0.2) is 30.2 Å². The highest BCUT2D eigenvalue weighted by atomic mass is 35.5. The van der Waals surface area contributed by atoms with Crippen LogP contribution >= 0.6 is 23.2 Å². The summed E-state index contributed by atoms with van der Waals surface area (Å²) in [6.45, 7) is 1.93. The Bertz CT molecular complexity index is 1300. The van der Waals surface area contributed by atoms with Gasteiger partial charge >= 0.3 is 5.97 Å². The van der Waals surface area contributed by atoms with Crippen molar-refractivity contribution in [1.82, 2.24) is 0 Å². The van der Waals surface area contributed by atoms with Crippen molar-refractivity contribution in [2.75, 3.05) is 16.3 Å². The van der Waals surface area contributed by atoms with Gasteiger partial charge in [-0.3, -0.25) is 19.2 Å². The van der Waals surface area contributed by atoms with E-state index in [0.29, 0.717) is 39.5 Å². The minimum atomic E-state index is -0.663. The molecule has 2 aromatic rings. The molecule has 9 heteroatoms. The number of fused-ring (bicyclic) bond motifs is 5. The van der Waals surface area contributed by atoms with E-state index < -0.39 is 11.9 Å². The summed E-state index contributed by atoms with van der Waals surface area (Å²) in [5.41, 5.74) is 1.67. The first kappa shape index (κ1) is 23.5. The molecule has 0 unspecified atom stereocenters. The van der Waals surface area contributed by atoms with Crippen molar-refractivity contribution in [1.29, 1.82) is 0 Å². The zero-order valence-electron chi connectivity index (χ0n) is 19.6. The number of rotatable bonds is 4.